The molecule has 0 aliphatic carbocycles. The fourth-order valence-electron chi connectivity index (χ4n) is 4.84. The number of nitrogens with two attached hydrogens (primary N) is 1. The zero-order valence-electron chi connectivity index (χ0n) is 22.6. The first-order chi connectivity index (χ1) is 18.4. The Hall–Kier alpha value is -3.87. The molecule has 1 heterocycles. The number of primary amides is 1. The minimum Gasteiger partial charge on any atom is -0.504 e. The lowest BCUT2D eigenvalue weighted by Gasteiger charge is -2.27. The number of ether oxygens (including phenoxy) is 2. The number of aromatic hydroxyl groups is 1. The number of anilines is 1. The Morgan fingerprint density at radius 2 is 1.76 bits per heavy atom. The molecular weight excluding hydrogens is 478 g/mol. The number of carbonyl (C=O) groups is 1. The highest BCUT2D eigenvalue weighted by Crippen LogP contribution is 2.38. The van der Waals surface area contributed by atoms with E-state index in [9.17, 15) is 9.90 Å². The monoisotopic (exact) mass is 517 g/mol. The highest BCUT2D eigenvalue weighted by Gasteiger charge is 2.15. The molecule has 4 rings (SSSR count). The van der Waals surface area contributed by atoms with Crippen LogP contribution in [0, 0.1) is 11.8 Å². The van der Waals surface area contributed by atoms with Gasteiger partial charge in [0, 0.05) is 41.0 Å². The van der Waals surface area contributed by atoms with Crippen LogP contribution in [0.3, 0.4) is 0 Å². The lowest BCUT2D eigenvalue weighted by atomic mass is 10.0. The molecule has 0 fully saturated rings. The minimum atomic E-state index is -0.270. The number of para-hydroxylation sites is 1. The maximum Gasteiger partial charge on any atom is 0.220 e. The van der Waals surface area contributed by atoms with Gasteiger partial charge in [0.1, 0.15) is 5.75 Å². The molecule has 0 radical (unpaired) electrons. The second-order valence-electron chi connectivity index (χ2n) is 10.2. The van der Waals surface area contributed by atoms with Gasteiger partial charge in [-0.15, -0.1) is 0 Å². The van der Waals surface area contributed by atoms with Crippen LogP contribution in [0.25, 0.3) is 21.8 Å². The molecule has 0 bridgehead atoms. The Morgan fingerprint density at radius 3 is 2.47 bits per heavy atom. The molecule has 0 spiro atoms. The van der Waals surface area contributed by atoms with E-state index in [0.29, 0.717) is 31.3 Å². The summed E-state index contributed by atoms with van der Waals surface area (Å²) in [4.78, 5) is 17.2. The number of nitrogens with zero attached hydrogens (tertiary/aromatic N) is 1. The minimum absolute atomic E-state index is 0.139. The number of aromatic nitrogens is 1. The van der Waals surface area contributed by atoms with Crippen LogP contribution in [-0.2, 0) is 4.79 Å². The van der Waals surface area contributed by atoms with Crippen LogP contribution >= 0.6 is 0 Å². The fraction of sp³-hybridized carbons (Fsp3) is 0.387. The highest BCUT2D eigenvalue weighted by atomic mass is 16.5. The molecule has 38 heavy (non-hydrogen) atoms. The van der Waals surface area contributed by atoms with Crippen molar-refractivity contribution in [2.24, 2.45) is 17.6 Å². The van der Waals surface area contributed by atoms with E-state index in [1.54, 1.807) is 6.07 Å². The number of rotatable bonds is 14. The van der Waals surface area contributed by atoms with Gasteiger partial charge in [-0.1, -0.05) is 39.0 Å². The van der Waals surface area contributed by atoms with E-state index >= 15 is 0 Å². The summed E-state index contributed by atoms with van der Waals surface area (Å²) in [7, 11) is 0. The fourth-order valence-corrected chi connectivity index (χ4v) is 4.84. The summed E-state index contributed by atoms with van der Waals surface area (Å²) in [6.45, 7) is 9.05. The second kappa shape index (κ2) is 12.6. The van der Waals surface area contributed by atoms with E-state index in [4.69, 9.17) is 15.2 Å². The number of phenolic OH excluding ortho intramolecular Hbond substituents is 1. The summed E-state index contributed by atoms with van der Waals surface area (Å²) < 4.78 is 12.0. The Kier molecular flexibility index (Phi) is 9.00. The second-order valence-corrected chi connectivity index (χ2v) is 10.2. The van der Waals surface area contributed by atoms with Gasteiger partial charge >= 0.3 is 0 Å². The van der Waals surface area contributed by atoms with Gasteiger partial charge in [-0.05, 0) is 67.6 Å². The van der Waals surface area contributed by atoms with E-state index < -0.39 is 0 Å². The van der Waals surface area contributed by atoms with Crippen LogP contribution in [0.1, 0.15) is 40.0 Å². The van der Waals surface area contributed by atoms with E-state index in [1.807, 2.05) is 43.3 Å². The van der Waals surface area contributed by atoms with Crippen molar-refractivity contribution < 1.29 is 19.4 Å². The van der Waals surface area contributed by atoms with Crippen LogP contribution in [0.5, 0.6) is 17.2 Å². The molecular formula is C31H39N3O4. The van der Waals surface area contributed by atoms with Crippen LogP contribution in [0.4, 0.5) is 5.69 Å². The first-order valence-electron chi connectivity index (χ1n) is 13.5. The standard InChI is InChI=1S/C31H39N3O4/c1-4-22(31(32)36)16-19-37-24-12-10-23(11-13-24)34(20-21(2)3)17-7-18-38-30-28(35)15-14-26-25-8-5-6-9-27(25)33-29(26)30/h5-6,8-15,21-22,33,35H,4,7,16-20H2,1-3H3,(H2,32,36). The predicted octanol–water partition coefficient (Wildman–Crippen LogP) is 6.24. The lowest BCUT2D eigenvalue weighted by Crippen LogP contribution is -2.29. The first-order valence-corrected chi connectivity index (χ1v) is 13.5. The molecule has 4 N–H and O–H groups in total. The maximum atomic E-state index is 11.4. The molecule has 3 aromatic carbocycles. The summed E-state index contributed by atoms with van der Waals surface area (Å²) in [5, 5.41) is 12.7. The third-order valence-electron chi connectivity index (χ3n) is 6.85. The topological polar surface area (TPSA) is 101 Å². The SMILES string of the molecule is CCC(CCOc1ccc(N(CCCOc2c(O)ccc3c2[nH]c2ccccc23)CC(C)C)cc1)C(N)=O. The van der Waals surface area contributed by atoms with Crippen LogP contribution in [-0.4, -0.2) is 42.3 Å². The first kappa shape index (κ1) is 27.2. The molecule has 1 amide bonds. The van der Waals surface area contributed by atoms with Crippen LogP contribution < -0.4 is 20.1 Å². The smallest absolute Gasteiger partial charge is 0.220 e. The van der Waals surface area contributed by atoms with Crippen molar-refractivity contribution in [2.75, 3.05) is 31.2 Å². The number of hydrogen-bond donors (Lipinski definition) is 3. The quantitative estimate of drug-likeness (QED) is 0.172. The number of hydrogen-bond acceptors (Lipinski definition) is 5. The van der Waals surface area contributed by atoms with Crippen molar-refractivity contribution in [2.45, 2.75) is 40.0 Å². The number of phenols is 1. The Balaban J connectivity index is 1.36. The molecule has 7 heteroatoms. The van der Waals surface area contributed by atoms with Gasteiger partial charge in [0.25, 0.3) is 0 Å². The van der Waals surface area contributed by atoms with Crippen molar-refractivity contribution in [3.63, 3.8) is 0 Å². The third-order valence-corrected chi connectivity index (χ3v) is 6.85. The molecule has 1 unspecified atom stereocenters. The number of H-pyrrole nitrogens is 1. The average Bonchev–Trinajstić information content (AvgIpc) is 3.28. The zero-order valence-corrected chi connectivity index (χ0v) is 22.6. The van der Waals surface area contributed by atoms with Gasteiger partial charge < -0.3 is 30.2 Å². The molecule has 202 valence electrons. The molecule has 0 aliphatic rings. The normalized spacial score (nSPS) is 12.2. The van der Waals surface area contributed by atoms with Gasteiger partial charge in [0.2, 0.25) is 5.91 Å². The Morgan fingerprint density at radius 1 is 1.00 bits per heavy atom. The summed E-state index contributed by atoms with van der Waals surface area (Å²) in [5.41, 5.74) is 8.39. The number of benzene rings is 3. The number of amides is 1. The van der Waals surface area contributed by atoms with Gasteiger partial charge in [0.15, 0.2) is 11.5 Å². The van der Waals surface area contributed by atoms with Crippen LogP contribution in [0.2, 0.25) is 0 Å². The van der Waals surface area contributed by atoms with Crippen molar-refractivity contribution in [1.29, 1.82) is 0 Å². The van der Waals surface area contributed by atoms with Crippen LogP contribution in [0.15, 0.2) is 60.7 Å². The maximum absolute atomic E-state index is 11.4. The van der Waals surface area contributed by atoms with Gasteiger partial charge in [0.05, 0.1) is 18.7 Å². The number of nitrogens with one attached hydrogen (secondary N) is 1. The van der Waals surface area contributed by atoms with Crippen molar-refractivity contribution >= 4 is 33.4 Å². The molecule has 4 aromatic rings. The summed E-state index contributed by atoms with van der Waals surface area (Å²) in [6, 6.07) is 19.8. The van der Waals surface area contributed by atoms with E-state index in [-0.39, 0.29) is 17.6 Å². The van der Waals surface area contributed by atoms with Gasteiger partial charge in [-0.2, -0.15) is 0 Å². The van der Waals surface area contributed by atoms with Gasteiger partial charge in [-0.3, -0.25) is 4.79 Å². The van der Waals surface area contributed by atoms with E-state index in [0.717, 1.165) is 59.2 Å². The van der Waals surface area contributed by atoms with Crippen molar-refractivity contribution in [3.05, 3.63) is 60.7 Å². The highest BCUT2D eigenvalue weighted by molar-refractivity contribution is 6.09. The average molecular weight is 518 g/mol. The third kappa shape index (κ3) is 6.52. The number of carbonyl (C=O) groups excluding carboxylic acids is 1. The summed E-state index contributed by atoms with van der Waals surface area (Å²) in [6.07, 6.45) is 2.14. The van der Waals surface area contributed by atoms with E-state index in [2.05, 4.69) is 41.9 Å². The molecule has 0 saturated carbocycles. The predicted molar refractivity (Wildman–Crippen MR) is 154 cm³/mol. The number of fused-ring (bicyclic) bond motifs is 3. The molecule has 1 aromatic heterocycles. The molecule has 7 nitrogen and oxygen atoms in total. The molecule has 1 atom stereocenters. The Labute approximate surface area is 224 Å². The number of aromatic amines is 1. The van der Waals surface area contributed by atoms with Gasteiger partial charge in [-0.25, -0.2) is 0 Å². The summed E-state index contributed by atoms with van der Waals surface area (Å²) in [5.74, 6) is 1.49. The van der Waals surface area contributed by atoms with Crippen molar-refractivity contribution in [1.82, 2.24) is 4.98 Å². The zero-order chi connectivity index (χ0) is 27.1. The molecule has 0 aliphatic heterocycles. The largest absolute Gasteiger partial charge is 0.504 e. The lowest BCUT2D eigenvalue weighted by molar-refractivity contribution is -0.122. The van der Waals surface area contributed by atoms with Crippen molar-refractivity contribution in [3.8, 4) is 17.2 Å². The summed E-state index contributed by atoms with van der Waals surface area (Å²) >= 11 is 0. The molecule has 0 saturated heterocycles. The Bertz CT molecular complexity index is 1350. The van der Waals surface area contributed by atoms with E-state index in [1.165, 1.54) is 0 Å².